The van der Waals surface area contributed by atoms with Gasteiger partial charge in [-0.3, -0.25) is 9.69 Å². The van der Waals surface area contributed by atoms with Crippen LogP contribution in [-0.2, 0) is 13.0 Å². The van der Waals surface area contributed by atoms with Gasteiger partial charge < -0.3 is 4.90 Å². The normalized spacial score (nSPS) is 15.0. The van der Waals surface area contributed by atoms with Gasteiger partial charge in [0, 0.05) is 43.7 Å². The number of amides is 1. The number of nitrogens with zero attached hydrogens (tertiary/aromatic N) is 4. The number of rotatable bonds is 6. The Morgan fingerprint density at radius 2 is 1.86 bits per heavy atom. The highest BCUT2D eigenvalue weighted by Gasteiger charge is 2.25. The molecule has 0 aliphatic carbocycles. The first-order chi connectivity index (χ1) is 14.1. The molecule has 29 heavy (non-hydrogen) atoms. The topological polar surface area (TPSA) is 49.3 Å². The van der Waals surface area contributed by atoms with Crippen molar-refractivity contribution in [2.45, 2.75) is 33.2 Å². The number of thiazole rings is 2. The van der Waals surface area contributed by atoms with Crippen molar-refractivity contribution in [2.24, 2.45) is 0 Å². The van der Waals surface area contributed by atoms with Gasteiger partial charge in [-0.2, -0.15) is 0 Å². The summed E-state index contributed by atoms with van der Waals surface area (Å²) in [6.45, 7) is 8.21. The Hall–Kier alpha value is -2.09. The first-order valence-electron chi connectivity index (χ1n) is 10.1. The lowest BCUT2D eigenvalue weighted by molar-refractivity contribution is 0.0631. The van der Waals surface area contributed by atoms with Gasteiger partial charge in [-0.1, -0.05) is 37.3 Å². The molecule has 0 bridgehead atoms. The van der Waals surface area contributed by atoms with Crippen LogP contribution in [0.4, 0.5) is 0 Å². The fraction of sp³-hybridized carbons (Fsp3) is 0.409. The lowest BCUT2D eigenvalue weighted by Gasteiger charge is -2.34. The molecule has 0 atom stereocenters. The highest BCUT2D eigenvalue weighted by atomic mass is 32.1. The number of hydrogen-bond donors (Lipinski definition) is 0. The average molecular weight is 427 g/mol. The molecule has 7 heteroatoms. The lowest BCUT2D eigenvalue weighted by Crippen LogP contribution is -2.48. The molecule has 5 nitrogen and oxygen atoms in total. The number of benzene rings is 1. The highest BCUT2D eigenvalue weighted by molar-refractivity contribution is 7.13. The molecule has 1 aliphatic rings. The largest absolute Gasteiger partial charge is 0.335 e. The van der Waals surface area contributed by atoms with Crippen molar-refractivity contribution in [3.8, 4) is 10.6 Å². The van der Waals surface area contributed by atoms with E-state index in [2.05, 4.69) is 34.3 Å². The van der Waals surface area contributed by atoms with E-state index in [-0.39, 0.29) is 5.91 Å². The van der Waals surface area contributed by atoms with E-state index in [0.717, 1.165) is 71.8 Å². The molecule has 1 amide bonds. The van der Waals surface area contributed by atoms with E-state index < -0.39 is 0 Å². The summed E-state index contributed by atoms with van der Waals surface area (Å²) in [5.74, 6) is 0.141. The minimum Gasteiger partial charge on any atom is -0.335 e. The standard InChI is InChI=1S/C22H26N4OS2/c1-3-7-19-23-16(2)20(29-19)22(27)26-12-10-25(11-13-26)14-18-15-28-21(24-18)17-8-5-4-6-9-17/h4-6,8-9,15H,3,7,10-14H2,1-2H3. The molecule has 3 heterocycles. The molecule has 1 saturated heterocycles. The Morgan fingerprint density at radius 1 is 1.10 bits per heavy atom. The summed E-state index contributed by atoms with van der Waals surface area (Å²) >= 11 is 3.26. The third kappa shape index (κ3) is 4.74. The van der Waals surface area contributed by atoms with Crippen molar-refractivity contribution < 1.29 is 4.79 Å². The fourth-order valence-electron chi connectivity index (χ4n) is 3.55. The molecule has 2 aromatic heterocycles. The zero-order chi connectivity index (χ0) is 20.2. The predicted molar refractivity (Wildman–Crippen MR) is 120 cm³/mol. The number of hydrogen-bond acceptors (Lipinski definition) is 6. The van der Waals surface area contributed by atoms with Crippen LogP contribution in [0, 0.1) is 6.92 Å². The van der Waals surface area contributed by atoms with Gasteiger partial charge >= 0.3 is 0 Å². The molecule has 152 valence electrons. The third-order valence-electron chi connectivity index (χ3n) is 5.12. The van der Waals surface area contributed by atoms with Gasteiger partial charge in [-0.25, -0.2) is 9.97 Å². The van der Waals surface area contributed by atoms with Crippen LogP contribution < -0.4 is 0 Å². The number of piperazine rings is 1. The predicted octanol–water partition coefficient (Wildman–Crippen LogP) is 4.49. The molecule has 1 aromatic carbocycles. The highest BCUT2D eigenvalue weighted by Crippen LogP contribution is 2.25. The fourth-order valence-corrected chi connectivity index (χ4v) is 5.50. The molecule has 0 saturated carbocycles. The van der Waals surface area contributed by atoms with E-state index in [9.17, 15) is 4.79 Å². The second-order valence-corrected chi connectivity index (χ2v) is 9.29. The molecular formula is C22H26N4OS2. The quantitative estimate of drug-likeness (QED) is 0.583. The zero-order valence-corrected chi connectivity index (χ0v) is 18.6. The van der Waals surface area contributed by atoms with Crippen LogP contribution in [0.1, 0.15) is 39.4 Å². The van der Waals surface area contributed by atoms with Crippen LogP contribution in [0.5, 0.6) is 0 Å². The first kappa shape index (κ1) is 20.2. The minimum atomic E-state index is 0.141. The summed E-state index contributed by atoms with van der Waals surface area (Å²) in [5, 5.41) is 4.29. The average Bonchev–Trinajstić information content (AvgIpc) is 3.35. The summed E-state index contributed by atoms with van der Waals surface area (Å²) < 4.78 is 0. The number of carbonyl (C=O) groups excluding carboxylic acids is 1. The summed E-state index contributed by atoms with van der Waals surface area (Å²) in [6, 6.07) is 10.3. The van der Waals surface area contributed by atoms with E-state index in [0.29, 0.717) is 0 Å². The Morgan fingerprint density at radius 3 is 2.59 bits per heavy atom. The van der Waals surface area contributed by atoms with Crippen molar-refractivity contribution in [2.75, 3.05) is 26.2 Å². The Bertz CT molecular complexity index is 958. The van der Waals surface area contributed by atoms with Crippen LogP contribution in [-0.4, -0.2) is 51.9 Å². The maximum absolute atomic E-state index is 12.9. The summed E-state index contributed by atoms with van der Waals surface area (Å²) in [6.07, 6.45) is 2.01. The van der Waals surface area contributed by atoms with Crippen molar-refractivity contribution >= 4 is 28.6 Å². The molecule has 0 N–H and O–H groups in total. The van der Waals surface area contributed by atoms with Crippen molar-refractivity contribution in [1.82, 2.24) is 19.8 Å². The van der Waals surface area contributed by atoms with E-state index in [4.69, 9.17) is 4.98 Å². The number of aryl methyl sites for hydroxylation is 2. The van der Waals surface area contributed by atoms with Crippen LogP contribution in [0.3, 0.4) is 0 Å². The van der Waals surface area contributed by atoms with Gasteiger partial charge in [-0.05, 0) is 19.8 Å². The Balaban J connectivity index is 1.33. The maximum Gasteiger partial charge on any atom is 0.265 e. The second-order valence-electron chi connectivity index (χ2n) is 7.35. The summed E-state index contributed by atoms with van der Waals surface area (Å²) in [4.78, 5) is 27.5. The first-order valence-corrected chi connectivity index (χ1v) is 11.8. The van der Waals surface area contributed by atoms with Crippen LogP contribution in [0.2, 0.25) is 0 Å². The maximum atomic E-state index is 12.9. The van der Waals surface area contributed by atoms with E-state index in [1.54, 1.807) is 22.7 Å². The van der Waals surface area contributed by atoms with Gasteiger partial charge in [-0.15, -0.1) is 22.7 Å². The van der Waals surface area contributed by atoms with E-state index in [1.807, 2.05) is 30.0 Å². The summed E-state index contributed by atoms with van der Waals surface area (Å²) in [5.41, 5.74) is 3.15. The van der Waals surface area contributed by atoms with Crippen LogP contribution in [0.15, 0.2) is 35.7 Å². The minimum absolute atomic E-state index is 0.141. The van der Waals surface area contributed by atoms with Gasteiger partial charge in [0.25, 0.3) is 5.91 Å². The molecule has 1 fully saturated rings. The molecule has 4 rings (SSSR count). The summed E-state index contributed by atoms with van der Waals surface area (Å²) in [7, 11) is 0. The van der Waals surface area contributed by atoms with E-state index >= 15 is 0 Å². The lowest BCUT2D eigenvalue weighted by atomic mass is 10.2. The zero-order valence-electron chi connectivity index (χ0n) is 16.9. The number of carbonyl (C=O) groups is 1. The van der Waals surface area contributed by atoms with Gasteiger partial charge in [0.2, 0.25) is 0 Å². The van der Waals surface area contributed by atoms with Gasteiger partial charge in [0.15, 0.2) is 0 Å². The molecule has 1 aliphatic heterocycles. The van der Waals surface area contributed by atoms with Gasteiger partial charge in [0.05, 0.1) is 16.4 Å². The monoisotopic (exact) mass is 426 g/mol. The molecule has 3 aromatic rings. The molecule has 0 radical (unpaired) electrons. The molecule has 0 unspecified atom stereocenters. The van der Waals surface area contributed by atoms with Crippen LogP contribution >= 0.6 is 22.7 Å². The second kappa shape index (κ2) is 9.15. The van der Waals surface area contributed by atoms with Crippen molar-refractivity contribution in [1.29, 1.82) is 0 Å². The van der Waals surface area contributed by atoms with E-state index in [1.165, 1.54) is 5.56 Å². The number of aromatic nitrogens is 2. The van der Waals surface area contributed by atoms with Crippen molar-refractivity contribution in [3.05, 3.63) is 57.0 Å². The Kier molecular flexibility index (Phi) is 6.37. The van der Waals surface area contributed by atoms with Crippen LogP contribution in [0.25, 0.3) is 10.6 Å². The molecular weight excluding hydrogens is 400 g/mol. The van der Waals surface area contributed by atoms with Gasteiger partial charge in [0.1, 0.15) is 9.88 Å². The Labute approximate surface area is 180 Å². The smallest absolute Gasteiger partial charge is 0.265 e. The third-order valence-corrected chi connectivity index (χ3v) is 7.26. The SMILES string of the molecule is CCCc1nc(C)c(C(=O)N2CCN(Cc3csc(-c4ccccc4)n3)CC2)s1. The molecule has 0 spiro atoms. The van der Waals surface area contributed by atoms with Crippen molar-refractivity contribution in [3.63, 3.8) is 0 Å².